The van der Waals surface area contributed by atoms with E-state index in [4.69, 9.17) is 4.74 Å². The van der Waals surface area contributed by atoms with Crippen LogP contribution in [-0.4, -0.2) is 22.6 Å². The number of benzene rings is 1. The van der Waals surface area contributed by atoms with Crippen LogP contribution in [0, 0.1) is 13.8 Å². The fraction of sp³-hybridized carbons (Fsp3) is 0.286. The molecule has 7 heteroatoms. The number of methoxy groups -OCH3 is 1. The van der Waals surface area contributed by atoms with Crippen molar-refractivity contribution in [3.05, 3.63) is 69.1 Å². The van der Waals surface area contributed by atoms with Crippen molar-refractivity contribution in [1.82, 2.24) is 14.9 Å². The zero-order valence-electron chi connectivity index (χ0n) is 16.4. The molecule has 1 aromatic carbocycles. The topological polar surface area (TPSA) is 73.2 Å². The Morgan fingerprint density at radius 2 is 1.96 bits per heavy atom. The maximum absolute atomic E-state index is 12.4. The summed E-state index contributed by atoms with van der Waals surface area (Å²) in [4.78, 5) is 30.1. The zero-order chi connectivity index (χ0) is 20.3. The summed E-state index contributed by atoms with van der Waals surface area (Å²) in [6.07, 6.45) is 1.62. The number of amides is 1. The lowest BCUT2D eigenvalue weighted by Crippen LogP contribution is -2.34. The van der Waals surface area contributed by atoms with Crippen molar-refractivity contribution in [3.63, 3.8) is 0 Å². The van der Waals surface area contributed by atoms with Gasteiger partial charge in [0.2, 0.25) is 5.91 Å². The Bertz CT molecular complexity index is 1040. The Morgan fingerprint density at radius 3 is 2.64 bits per heavy atom. The summed E-state index contributed by atoms with van der Waals surface area (Å²) in [5.41, 5.74) is 2.35. The van der Waals surface area contributed by atoms with Crippen molar-refractivity contribution < 1.29 is 9.53 Å². The minimum atomic E-state index is -0.209. The third-order valence-corrected chi connectivity index (χ3v) is 5.85. The second kappa shape index (κ2) is 8.39. The highest BCUT2D eigenvalue weighted by Gasteiger charge is 2.18. The number of nitrogens with zero attached hydrogens (tertiary/aromatic N) is 2. The predicted octanol–water partition coefficient (Wildman–Crippen LogP) is 3.47. The fourth-order valence-electron chi connectivity index (χ4n) is 2.96. The van der Waals surface area contributed by atoms with Crippen LogP contribution in [0.3, 0.4) is 0 Å². The molecule has 2 aromatic heterocycles. The van der Waals surface area contributed by atoms with Crippen LogP contribution < -0.4 is 15.6 Å². The van der Waals surface area contributed by atoms with E-state index >= 15 is 0 Å². The largest absolute Gasteiger partial charge is 0.497 e. The molecule has 28 heavy (non-hydrogen) atoms. The molecule has 0 aliphatic rings. The molecule has 1 amide bonds. The number of hydrogen-bond acceptors (Lipinski definition) is 5. The van der Waals surface area contributed by atoms with Gasteiger partial charge >= 0.3 is 0 Å². The molecule has 6 nitrogen and oxygen atoms in total. The smallest absolute Gasteiger partial charge is 0.253 e. The number of thiazole rings is 1. The average Bonchev–Trinajstić information content (AvgIpc) is 3.07. The van der Waals surface area contributed by atoms with Gasteiger partial charge in [0.05, 0.1) is 23.7 Å². The van der Waals surface area contributed by atoms with Gasteiger partial charge < -0.3 is 14.6 Å². The standard InChI is InChI=1S/C21H23N3O3S/c1-13-6-5-11-24(21(13)26)12-18(25)22-14(2)19-15(3)23-20(28-19)16-7-9-17(27-4)10-8-16/h5-11,14H,12H2,1-4H3,(H,22,25). The fourth-order valence-corrected chi connectivity index (χ4v) is 4.03. The van der Waals surface area contributed by atoms with Crippen molar-refractivity contribution in [2.75, 3.05) is 7.11 Å². The number of aromatic nitrogens is 2. The van der Waals surface area contributed by atoms with Crippen molar-refractivity contribution in [2.45, 2.75) is 33.4 Å². The second-order valence-corrected chi connectivity index (χ2v) is 7.64. The van der Waals surface area contributed by atoms with Crippen LogP contribution in [0.25, 0.3) is 10.6 Å². The van der Waals surface area contributed by atoms with Gasteiger partial charge in [-0.25, -0.2) is 4.98 Å². The van der Waals surface area contributed by atoms with E-state index in [2.05, 4.69) is 10.3 Å². The summed E-state index contributed by atoms with van der Waals surface area (Å²) in [5.74, 6) is 0.586. The van der Waals surface area contributed by atoms with Gasteiger partial charge in [-0.15, -0.1) is 11.3 Å². The van der Waals surface area contributed by atoms with Gasteiger partial charge in [-0.2, -0.15) is 0 Å². The highest BCUT2D eigenvalue weighted by Crippen LogP contribution is 2.32. The molecule has 1 atom stereocenters. The Kier molecular flexibility index (Phi) is 5.94. The molecule has 146 valence electrons. The van der Waals surface area contributed by atoms with Gasteiger partial charge in [0.25, 0.3) is 5.56 Å². The first-order chi connectivity index (χ1) is 13.4. The van der Waals surface area contributed by atoms with Gasteiger partial charge in [0, 0.05) is 17.3 Å². The molecule has 0 aliphatic carbocycles. The Hall–Kier alpha value is -2.93. The molecule has 0 aliphatic heterocycles. The summed E-state index contributed by atoms with van der Waals surface area (Å²) in [6.45, 7) is 5.59. The van der Waals surface area contributed by atoms with Crippen LogP contribution in [0.4, 0.5) is 0 Å². The van der Waals surface area contributed by atoms with E-state index in [0.29, 0.717) is 5.56 Å². The maximum atomic E-state index is 12.4. The summed E-state index contributed by atoms with van der Waals surface area (Å²) in [6, 6.07) is 11.0. The predicted molar refractivity (Wildman–Crippen MR) is 111 cm³/mol. The Labute approximate surface area is 167 Å². The third kappa shape index (κ3) is 4.31. The van der Waals surface area contributed by atoms with Crippen LogP contribution in [0.15, 0.2) is 47.4 Å². The second-order valence-electron chi connectivity index (χ2n) is 6.61. The van der Waals surface area contributed by atoms with Crippen molar-refractivity contribution >= 4 is 17.2 Å². The molecule has 0 fully saturated rings. The maximum Gasteiger partial charge on any atom is 0.253 e. The normalized spacial score (nSPS) is 11.9. The molecule has 0 saturated carbocycles. The molecule has 0 radical (unpaired) electrons. The molecule has 1 unspecified atom stereocenters. The van der Waals surface area contributed by atoms with Gasteiger partial charge in [0.1, 0.15) is 17.3 Å². The first-order valence-electron chi connectivity index (χ1n) is 8.96. The van der Waals surface area contributed by atoms with E-state index in [-0.39, 0.29) is 24.1 Å². The molecule has 3 aromatic rings. The molecule has 0 bridgehead atoms. The molecular weight excluding hydrogens is 374 g/mol. The Balaban J connectivity index is 1.72. The van der Waals surface area contributed by atoms with Gasteiger partial charge in [-0.1, -0.05) is 6.07 Å². The minimum Gasteiger partial charge on any atom is -0.497 e. The van der Waals surface area contributed by atoms with Crippen molar-refractivity contribution in [3.8, 4) is 16.3 Å². The number of aryl methyl sites for hydroxylation is 2. The van der Waals surface area contributed by atoms with E-state index in [1.54, 1.807) is 43.7 Å². The number of rotatable bonds is 6. The molecule has 3 rings (SSSR count). The van der Waals surface area contributed by atoms with Gasteiger partial charge in [-0.3, -0.25) is 9.59 Å². The molecule has 0 spiro atoms. The average molecular weight is 398 g/mol. The van der Waals surface area contributed by atoms with Crippen molar-refractivity contribution in [1.29, 1.82) is 0 Å². The summed E-state index contributed by atoms with van der Waals surface area (Å²) in [5, 5.41) is 3.86. The summed E-state index contributed by atoms with van der Waals surface area (Å²) < 4.78 is 6.61. The first-order valence-corrected chi connectivity index (χ1v) is 9.78. The van der Waals surface area contributed by atoms with Crippen LogP contribution >= 0.6 is 11.3 Å². The van der Waals surface area contributed by atoms with E-state index in [9.17, 15) is 9.59 Å². The van der Waals surface area contributed by atoms with E-state index in [0.717, 1.165) is 26.9 Å². The lowest BCUT2D eigenvalue weighted by atomic mass is 10.2. The molecule has 2 heterocycles. The van der Waals surface area contributed by atoms with E-state index in [1.807, 2.05) is 38.1 Å². The number of nitrogens with one attached hydrogen (secondary N) is 1. The summed E-state index contributed by atoms with van der Waals surface area (Å²) in [7, 11) is 1.63. The minimum absolute atomic E-state index is 0.00591. The number of carbonyl (C=O) groups excluding carboxylic acids is 1. The summed E-state index contributed by atoms with van der Waals surface area (Å²) >= 11 is 1.55. The number of hydrogen-bond donors (Lipinski definition) is 1. The zero-order valence-corrected chi connectivity index (χ0v) is 17.2. The Morgan fingerprint density at radius 1 is 1.25 bits per heavy atom. The lowest BCUT2D eigenvalue weighted by molar-refractivity contribution is -0.122. The number of ether oxygens (including phenoxy) is 1. The van der Waals surface area contributed by atoms with Gasteiger partial charge in [-0.05, 0) is 51.1 Å². The molecule has 0 saturated heterocycles. The molecular formula is C21H23N3O3S. The highest BCUT2D eigenvalue weighted by atomic mass is 32.1. The highest BCUT2D eigenvalue weighted by molar-refractivity contribution is 7.15. The van der Waals surface area contributed by atoms with Crippen LogP contribution in [0.2, 0.25) is 0 Å². The molecule has 1 N–H and O–H groups in total. The SMILES string of the molecule is COc1ccc(-c2nc(C)c(C(C)NC(=O)Cn3cccc(C)c3=O)s2)cc1. The first kappa shape index (κ1) is 19.8. The monoisotopic (exact) mass is 397 g/mol. The third-order valence-electron chi connectivity index (χ3n) is 4.46. The van der Waals surface area contributed by atoms with Crippen LogP contribution in [0.1, 0.15) is 29.1 Å². The van der Waals surface area contributed by atoms with Gasteiger partial charge in [0.15, 0.2) is 0 Å². The van der Waals surface area contributed by atoms with E-state index in [1.165, 1.54) is 4.57 Å². The van der Waals surface area contributed by atoms with Crippen LogP contribution in [0.5, 0.6) is 5.75 Å². The number of pyridine rings is 1. The quantitative estimate of drug-likeness (QED) is 0.691. The van der Waals surface area contributed by atoms with Crippen molar-refractivity contribution in [2.24, 2.45) is 0 Å². The number of carbonyl (C=O) groups is 1. The van der Waals surface area contributed by atoms with Crippen LogP contribution in [-0.2, 0) is 11.3 Å². The lowest BCUT2D eigenvalue weighted by Gasteiger charge is -2.14. The van der Waals surface area contributed by atoms with E-state index < -0.39 is 0 Å².